The summed E-state index contributed by atoms with van der Waals surface area (Å²) in [6.07, 6.45) is 2.23. The molecule has 1 aromatic heterocycles. The molecule has 0 aliphatic heterocycles. The summed E-state index contributed by atoms with van der Waals surface area (Å²) < 4.78 is 18.0. The van der Waals surface area contributed by atoms with Gasteiger partial charge < -0.3 is 9.84 Å². The predicted molar refractivity (Wildman–Crippen MR) is 55.5 cm³/mol. The first-order valence-electron chi connectivity index (χ1n) is 4.64. The first-order valence-corrected chi connectivity index (χ1v) is 4.64. The molecule has 17 heavy (non-hydrogen) atoms. The summed E-state index contributed by atoms with van der Waals surface area (Å²) in [5.41, 5.74) is -0.0448. The molecule has 0 aliphatic carbocycles. The Labute approximate surface area is 95.5 Å². The summed E-state index contributed by atoms with van der Waals surface area (Å²) in [6.45, 7) is 0. The van der Waals surface area contributed by atoms with Gasteiger partial charge in [0.25, 0.3) is 0 Å². The van der Waals surface area contributed by atoms with Crippen LogP contribution in [-0.2, 0) is 0 Å². The van der Waals surface area contributed by atoms with Gasteiger partial charge in [-0.15, -0.1) is 0 Å². The van der Waals surface area contributed by atoms with Gasteiger partial charge in [0, 0.05) is 18.5 Å². The predicted octanol–water partition coefficient (Wildman–Crippen LogP) is 2.11. The molecule has 0 saturated heterocycles. The van der Waals surface area contributed by atoms with Gasteiger partial charge in [-0.2, -0.15) is 0 Å². The summed E-state index contributed by atoms with van der Waals surface area (Å²) in [5, 5.41) is 8.63. The van der Waals surface area contributed by atoms with Crippen molar-refractivity contribution in [3.8, 4) is 11.8 Å². The van der Waals surface area contributed by atoms with Gasteiger partial charge in [-0.05, 0) is 12.1 Å². The van der Waals surface area contributed by atoms with Gasteiger partial charge in [-0.25, -0.2) is 19.2 Å². The summed E-state index contributed by atoms with van der Waals surface area (Å²) in [6, 6.07) is 5.43. The van der Waals surface area contributed by atoms with E-state index in [4.69, 9.17) is 9.84 Å². The molecule has 0 atom stereocenters. The smallest absolute Gasteiger partial charge is 0.338 e. The number of benzene rings is 1. The fourth-order valence-corrected chi connectivity index (χ4v) is 1.12. The summed E-state index contributed by atoms with van der Waals surface area (Å²) >= 11 is 0. The van der Waals surface area contributed by atoms with Crippen molar-refractivity contribution in [2.24, 2.45) is 0 Å². The second-order valence-corrected chi connectivity index (χ2v) is 3.12. The van der Waals surface area contributed by atoms with Crippen LogP contribution in [0.2, 0.25) is 0 Å². The average molecular weight is 234 g/mol. The van der Waals surface area contributed by atoms with Crippen molar-refractivity contribution in [2.45, 2.75) is 0 Å². The molecular weight excluding hydrogens is 227 g/mol. The van der Waals surface area contributed by atoms with Crippen LogP contribution in [0.15, 0.2) is 36.7 Å². The van der Waals surface area contributed by atoms with Gasteiger partial charge in [0.2, 0.25) is 0 Å². The van der Waals surface area contributed by atoms with Gasteiger partial charge in [0.1, 0.15) is 11.6 Å². The molecule has 0 radical (unpaired) electrons. The number of nitrogens with zero attached hydrogens (tertiary/aromatic N) is 2. The zero-order valence-corrected chi connectivity index (χ0v) is 8.50. The van der Waals surface area contributed by atoms with E-state index in [0.717, 1.165) is 12.4 Å². The lowest BCUT2D eigenvalue weighted by atomic mass is 10.3. The Kier molecular flexibility index (Phi) is 2.95. The van der Waals surface area contributed by atoms with Crippen LogP contribution in [0.5, 0.6) is 11.8 Å². The number of carboxylic acids is 1. The number of hydrogen-bond donors (Lipinski definition) is 1. The van der Waals surface area contributed by atoms with E-state index in [1.54, 1.807) is 0 Å². The molecule has 0 unspecified atom stereocenters. The standard InChI is InChI=1S/C11H7FN2O3/c12-8-2-1-3-9(4-8)17-11-13-5-7(6-14-11)10(15)16/h1-6H,(H,15,16). The Bertz CT molecular complexity index is 543. The van der Waals surface area contributed by atoms with Gasteiger partial charge in [0.15, 0.2) is 0 Å². The van der Waals surface area contributed by atoms with E-state index in [1.807, 2.05) is 0 Å². The van der Waals surface area contributed by atoms with E-state index < -0.39 is 11.8 Å². The maximum atomic E-state index is 12.8. The quantitative estimate of drug-likeness (QED) is 0.880. The zero-order valence-electron chi connectivity index (χ0n) is 8.50. The lowest BCUT2D eigenvalue weighted by molar-refractivity contribution is 0.0696. The number of ether oxygens (including phenoxy) is 1. The van der Waals surface area contributed by atoms with Gasteiger partial charge in [0.05, 0.1) is 5.56 Å². The second kappa shape index (κ2) is 4.56. The lowest BCUT2D eigenvalue weighted by Crippen LogP contribution is -1.99. The molecule has 2 aromatic rings. The molecule has 1 aromatic carbocycles. The molecule has 1 N–H and O–H groups in total. The Morgan fingerprint density at radius 2 is 2.00 bits per heavy atom. The third kappa shape index (κ3) is 2.75. The molecule has 0 fully saturated rings. The van der Waals surface area contributed by atoms with Crippen molar-refractivity contribution in [2.75, 3.05) is 0 Å². The number of aromatic carboxylic acids is 1. The Morgan fingerprint density at radius 3 is 2.59 bits per heavy atom. The van der Waals surface area contributed by atoms with Crippen LogP contribution in [0.3, 0.4) is 0 Å². The Hall–Kier alpha value is -2.50. The summed E-state index contributed by atoms with van der Waals surface area (Å²) in [5.74, 6) is -1.32. The molecule has 0 amide bonds. The topological polar surface area (TPSA) is 72.3 Å². The van der Waals surface area contributed by atoms with Crippen LogP contribution in [0.25, 0.3) is 0 Å². The maximum absolute atomic E-state index is 12.8. The fourth-order valence-electron chi connectivity index (χ4n) is 1.12. The van der Waals surface area contributed by atoms with Crippen LogP contribution in [-0.4, -0.2) is 21.0 Å². The second-order valence-electron chi connectivity index (χ2n) is 3.12. The minimum Gasteiger partial charge on any atom is -0.478 e. The Morgan fingerprint density at radius 1 is 1.29 bits per heavy atom. The minimum atomic E-state index is -1.12. The Balaban J connectivity index is 2.16. The molecule has 5 nitrogen and oxygen atoms in total. The maximum Gasteiger partial charge on any atom is 0.338 e. The number of aromatic nitrogens is 2. The zero-order chi connectivity index (χ0) is 12.3. The molecule has 2 rings (SSSR count). The highest BCUT2D eigenvalue weighted by Gasteiger charge is 2.05. The molecule has 0 saturated carbocycles. The van der Waals surface area contributed by atoms with Crippen molar-refractivity contribution in [1.82, 2.24) is 9.97 Å². The van der Waals surface area contributed by atoms with Crippen molar-refractivity contribution in [3.63, 3.8) is 0 Å². The van der Waals surface area contributed by atoms with Crippen LogP contribution >= 0.6 is 0 Å². The van der Waals surface area contributed by atoms with Crippen molar-refractivity contribution >= 4 is 5.97 Å². The van der Waals surface area contributed by atoms with Gasteiger partial charge in [-0.3, -0.25) is 0 Å². The normalized spacial score (nSPS) is 9.94. The number of carboxylic acid groups (broad SMARTS) is 1. The van der Waals surface area contributed by atoms with Crippen molar-refractivity contribution in [3.05, 3.63) is 48.0 Å². The number of carbonyl (C=O) groups is 1. The molecule has 0 spiro atoms. The van der Waals surface area contributed by atoms with Crippen molar-refractivity contribution in [1.29, 1.82) is 0 Å². The lowest BCUT2D eigenvalue weighted by Gasteiger charge is -2.03. The summed E-state index contributed by atoms with van der Waals surface area (Å²) in [4.78, 5) is 17.9. The molecule has 6 heteroatoms. The third-order valence-electron chi connectivity index (χ3n) is 1.88. The van der Waals surface area contributed by atoms with Gasteiger partial charge in [-0.1, -0.05) is 6.07 Å². The third-order valence-corrected chi connectivity index (χ3v) is 1.88. The minimum absolute atomic E-state index is 0.0411. The SMILES string of the molecule is O=C(O)c1cnc(Oc2cccc(F)c2)nc1. The monoisotopic (exact) mass is 234 g/mol. The van der Waals surface area contributed by atoms with E-state index in [9.17, 15) is 9.18 Å². The number of halogens is 1. The molecule has 0 aliphatic rings. The molecular formula is C11H7FN2O3. The molecule has 86 valence electrons. The van der Waals surface area contributed by atoms with Gasteiger partial charge >= 0.3 is 12.0 Å². The number of hydrogen-bond acceptors (Lipinski definition) is 4. The average Bonchev–Trinajstić information content (AvgIpc) is 2.29. The molecule has 1 heterocycles. The van der Waals surface area contributed by atoms with Crippen LogP contribution in [0.1, 0.15) is 10.4 Å². The first-order chi connectivity index (χ1) is 8.15. The van der Waals surface area contributed by atoms with E-state index in [-0.39, 0.29) is 17.3 Å². The summed E-state index contributed by atoms with van der Waals surface area (Å²) in [7, 11) is 0. The fraction of sp³-hybridized carbons (Fsp3) is 0. The van der Waals surface area contributed by atoms with E-state index in [2.05, 4.69) is 9.97 Å². The van der Waals surface area contributed by atoms with Crippen LogP contribution in [0, 0.1) is 5.82 Å². The highest BCUT2D eigenvalue weighted by atomic mass is 19.1. The van der Waals surface area contributed by atoms with Crippen LogP contribution in [0.4, 0.5) is 4.39 Å². The van der Waals surface area contributed by atoms with Crippen LogP contribution < -0.4 is 4.74 Å². The van der Waals surface area contributed by atoms with E-state index in [0.29, 0.717) is 0 Å². The van der Waals surface area contributed by atoms with Crippen molar-refractivity contribution < 1.29 is 19.0 Å². The first kappa shape index (κ1) is 11.0. The highest BCUT2D eigenvalue weighted by molar-refractivity contribution is 5.86. The number of rotatable bonds is 3. The molecule has 0 bridgehead atoms. The highest BCUT2D eigenvalue weighted by Crippen LogP contribution is 2.17. The van der Waals surface area contributed by atoms with E-state index in [1.165, 1.54) is 24.3 Å². The van der Waals surface area contributed by atoms with E-state index >= 15 is 0 Å². The largest absolute Gasteiger partial charge is 0.478 e.